The van der Waals surface area contributed by atoms with Gasteiger partial charge in [-0.3, -0.25) is 0 Å². The van der Waals surface area contributed by atoms with Crippen molar-refractivity contribution in [1.29, 1.82) is 5.26 Å². The molecule has 29 heavy (non-hydrogen) atoms. The first-order valence-electron chi connectivity index (χ1n) is 8.74. The van der Waals surface area contributed by atoms with Crippen LogP contribution in [0.1, 0.15) is 29.5 Å². The molecule has 0 fully saturated rings. The van der Waals surface area contributed by atoms with E-state index in [1.54, 1.807) is 36.4 Å². The van der Waals surface area contributed by atoms with Gasteiger partial charge in [-0.15, -0.1) is 10.2 Å². The molecule has 0 aliphatic heterocycles. The summed E-state index contributed by atoms with van der Waals surface area (Å²) in [6.07, 6.45) is 2.12. The van der Waals surface area contributed by atoms with E-state index in [1.807, 2.05) is 19.1 Å². The molecule has 1 aromatic heterocycles. The highest BCUT2D eigenvalue weighted by Gasteiger charge is 2.14. The lowest BCUT2D eigenvalue weighted by Gasteiger charge is -2.07. The molecule has 0 radical (unpaired) electrons. The molecule has 1 heterocycles. The van der Waals surface area contributed by atoms with E-state index in [2.05, 4.69) is 16.3 Å². The topological polar surface area (TPSA) is 109 Å². The maximum atomic E-state index is 11.5. The van der Waals surface area contributed by atoms with Crippen molar-refractivity contribution >= 4 is 23.8 Å². The predicted molar refractivity (Wildman–Crippen MR) is 107 cm³/mol. The third-order valence-corrected chi connectivity index (χ3v) is 4.68. The fourth-order valence-corrected chi connectivity index (χ4v) is 3.00. The van der Waals surface area contributed by atoms with Gasteiger partial charge in [0, 0.05) is 6.42 Å². The van der Waals surface area contributed by atoms with Crippen LogP contribution in [-0.2, 0) is 17.8 Å². The maximum absolute atomic E-state index is 11.5. The summed E-state index contributed by atoms with van der Waals surface area (Å²) in [5.41, 5.74) is 2.25. The Kier molecular flexibility index (Phi) is 6.66. The summed E-state index contributed by atoms with van der Waals surface area (Å²) < 4.78 is 11.1. The minimum atomic E-state index is -1.08. The fraction of sp³-hybridized carbons (Fsp3) is 0.143. The van der Waals surface area contributed by atoms with Crippen LogP contribution < -0.4 is 4.74 Å². The molecule has 146 valence electrons. The highest BCUT2D eigenvalue weighted by atomic mass is 32.2. The zero-order valence-electron chi connectivity index (χ0n) is 15.5. The first-order chi connectivity index (χ1) is 14.1. The predicted octanol–water partition coefficient (Wildman–Crippen LogP) is 4.30. The molecule has 0 saturated carbocycles. The number of hydrogen-bond donors (Lipinski definition) is 1. The van der Waals surface area contributed by atoms with Crippen LogP contribution in [0.25, 0.3) is 6.08 Å². The zero-order chi connectivity index (χ0) is 20.6. The van der Waals surface area contributed by atoms with Crippen LogP contribution in [0.5, 0.6) is 5.75 Å². The summed E-state index contributed by atoms with van der Waals surface area (Å²) in [6, 6.07) is 16.3. The van der Waals surface area contributed by atoms with Gasteiger partial charge >= 0.3 is 5.97 Å². The molecular formula is C21H17N3O4S. The number of hydrogen-bond acceptors (Lipinski definition) is 7. The lowest BCUT2D eigenvalue weighted by Crippen LogP contribution is -1.97. The van der Waals surface area contributed by atoms with Crippen molar-refractivity contribution in [2.75, 3.05) is 0 Å². The standard InChI is InChI=1S/C21H17N3O4S/c1-2-19-23-24-21(28-19)29-18(20(25)26)11-14-7-9-17(10-8-14)27-13-16-5-3-15(12-22)4-6-16/h3-11H,2,13H2,1H3,(H,25,26)/b18-11-. The normalized spacial score (nSPS) is 11.1. The average Bonchev–Trinajstić information content (AvgIpc) is 3.21. The molecule has 0 amide bonds. The molecule has 0 unspecified atom stereocenters. The van der Waals surface area contributed by atoms with Gasteiger partial charge in [-0.2, -0.15) is 5.26 Å². The molecule has 1 N–H and O–H groups in total. The summed E-state index contributed by atoms with van der Waals surface area (Å²) in [5.74, 6) is 0.0360. The number of aromatic nitrogens is 2. The SMILES string of the molecule is CCc1nnc(S/C(=C\c2ccc(OCc3ccc(C#N)cc3)cc2)C(=O)O)o1. The number of rotatable bonds is 8. The summed E-state index contributed by atoms with van der Waals surface area (Å²) in [6.45, 7) is 2.24. The van der Waals surface area contributed by atoms with Gasteiger partial charge in [0.1, 0.15) is 17.3 Å². The van der Waals surface area contributed by atoms with Crippen LogP contribution in [0.3, 0.4) is 0 Å². The molecule has 3 aromatic rings. The number of carboxylic acid groups (broad SMARTS) is 1. The molecule has 8 heteroatoms. The fourth-order valence-electron chi connectivity index (χ4n) is 2.31. The van der Waals surface area contributed by atoms with E-state index in [4.69, 9.17) is 14.4 Å². The molecular weight excluding hydrogens is 390 g/mol. The highest BCUT2D eigenvalue weighted by molar-refractivity contribution is 8.03. The van der Waals surface area contributed by atoms with Crippen LogP contribution in [-0.4, -0.2) is 21.3 Å². The van der Waals surface area contributed by atoms with E-state index in [9.17, 15) is 9.90 Å². The van der Waals surface area contributed by atoms with Gasteiger partial charge in [0.25, 0.3) is 5.22 Å². The Labute approximate surface area is 171 Å². The average molecular weight is 407 g/mol. The van der Waals surface area contributed by atoms with Gasteiger partial charge in [0.2, 0.25) is 5.89 Å². The minimum absolute atomic E-state index is 0.0718. The number of ether oxygens (including phenoxy) is 1. The number of carboxylic acids is 1. The summed E-state index contributed by atoms with van der Waals surface area (Å²) in [7, 11) is 0. The van der Waals surface area contributed by atoms with Crippen molar-refractivity contribution < 1.29 is 19.1 Å². The van der Waals surface area contributed by atoms with Crippen molar-refractivity contribution in [3.8, 4) is 11.8 Å². The monoisotopic (exact) mass is 407 g/mol. The molecule has 7 nitrogen and oxygen atoms in total. The van der Waals surface area contributed by atoms with Crippen molar-refractivity contribution in [3.63, 3.8) is 0 Å². The third-order valence-electron chi connectivity index (χ3n) is 3.83. The first-order valence-corrected chi connectivity index (χ1v) is 9.56. The van der Waals surface area contributed by atoms with E-state index >= 15 is 0 Å². The Bertz CT molecular complexity index is 1050. The van der Waals surface area contributed by atoms with Crippen molar-refractivity contribution in [2.24, 2.45) is 0 Å². The largest absolute Gasteiger partial charge is 0.489 e. The lowest BCUT2D eigenvalue weighted by molar-refractivity contribution is -0.131. The molecule has 2 aromatic carbocycles. The van der Waals surface area contributed by atoms with Crippen LogP contribution in [0.2, 0.25) is 0 Å². The Morgan fingerprint density at radius 3 is 2.52 bits per heavy atom. The summed E-state index contributed by atoms with van der Waals surface area (Å²) in [5, 5.41) is 26.1. The number of carbonyl (C=O) groups is 1. The number of aryl methyl sites for hydroxylation is 1. The molecule has 3 rings (SSSR count). The number of nitriles is 1. The van der Waals surface area contributed by atoms with E-state index in [0.29, 0.717) is 35.8 Å². The van der Waals surface area contributed by atoms with Gasteiger partial charge < -0.3 is 14.3 Å². The quantitative estimate of drug-likeness (QED) is 0.435. The van der Waals surface area contributed by atoms with E-state index in [1.165, 1.54) is 6.08 Å². The minimum Gasteiger partial charge on any atom is -0.489 e. The number of thioether (sulfide) groups is 1. The molecule has 0 bridgehead atoms. The Balaban J connectivity index is 1.65. The summed E-state index contributed by atoms with van der Waals surface area (Å²) >= 11 is 0.910. The van der Waals surface area contributed by atoms with Crippen molar-refractivity contribution in [3.05, 3.63) is 76.0 Å². The zero-order valence-corrected chi connectivity index (χ0v) is 16.3. The van der Waals surface area contributed by atoms with Crippen LogP contribution in [0, 0.1) is 11.3 Å². The van der Waals surface area contributed by atoms with Gasteiger partial charge in [-0.1, -0.05) is 31.2 Å². The number of nitrogens with zero attached hydrogens (tertiary/aromatic N) is 3. The van der Waals surface area contributed by atoms with Crippen molar-refractivity contribution in [1.82, 2.24) is 10.2 Å². The van der Waals surface area contributed by atoms with Crippen LogP contribution in [0.15, 0.2) is 63.1 Å². The summed E-state index contributed by atoms with van der Waals surface area (Å²) in [4.78, 5) is 11.6. The van der Waals surface area contributed by atoms with E-state index in [0.717, 1.165) is 17.3 Å². The Hall–Kier alpha value is -3.57. The Morgan fingerprint density at radius 2 is 1.93 bits per heavy atom. The second-order valence-electron chi connectivity index (χ2n) is 5.90. The van der Waals surface area contributed by atoms with Crippen LogP contribution in [0.4, 0.5) is 0 Å². The maximum Gasteiger partial charge on any atom is 0.342 e. The third kappa shape index (κ3) is 5.70. The lowest BCUT2D eigenvalue weighted by atomic mass is 10.1. The second kappa shape index (κ2) is 9.57. The Morgan fingerprint density at radius 1 is 1.21 bits per heavy atom. The van der Waals surface area contributed by atoms with Gasteiger partial charge in [-0.05, 0) is 53.2 Å². The van der Waals surface area contributed by atoms with E-state index in [-0.39, 0.29) is 10.1 Å². The first kappa shape index (κ1) is 20.2. The van der Waals surface area contributed by atoms with Gasteiger partial charge in [0.05, 0.1) is 11.6 Å². The molecule has 0 aliphatic rings. The molecule has 0 aliphatic carbocycles. The van der Waals surface area contributed by atoms with Gasteiger partial charge in [0.15, 0.2) is 0 Å². The second-order valence-corrected chi connectivity index (χ2v) is 6.89. The molecule has 0 spiro atoms. The van der Waals surface area contributed by atoms with Crippen LogP contribution >= 0.6 is 11.8 Å². The number of aliphatic carboxylic acids is 1. The molecule has 0 saturated heterocycles. The van der Waals surface area contributed by atoms with E-state index < -0.39 is 5.97 Å². The number of benzene rings is 2. The van der Waals surface area contributed by atoms with Gasteiger partial charge in [-0.25, -0.2) is 4.79 Å². The van der Waals surface area contributed by atoms with Crippen molar-refractivity contribution in [2.45, 2.75) is 25.2 Å². The highest BCUT2D eigenvalue weighted by Crippen LogP contribution is 2.28. The smallest absolute Gasteiger partial charge is 0.342 e. The molecule has 0 atom stereocenters.